The van der Waals surface area contributed by atoms with E-state index in [1.165, 1.54) is 5.56 Å². The highest BCUT2D eigenvalue weighted by atomic mass is 35.5. The van der Waals surface area contributed by atoms with Gasteiger partial charge in [0.15, 0.2) is 0 Å². The third kappa shape index (κ3) is 2.78. The van der Waals surface area contributed by atoms with Crippen LogP contribution in [0.1, 0.15) is 21.5 Å². The smallest absolute Gasteiger partial charge is 0.338 e. The Morgan fingerprint density at radius 2 is 2.15 bits per heavy atom. The maximum Gasteiger partial charge on any atom is 0.338 e. The maximum atomic E-state index is 12.0. The summed E-state index contributed by atoms with van der Waals surface area (Å²) in [7, 11) is 0. The van der Waals surface area contributed by atoms with Gasteiger partial charge in [-0.15, -0.1) is 0 Å². The number of fused-ring (bicyclic) bond motifs is 1. The molecule has 0 saturated carbocycles. The second-order valence-electron chi connectivity index (χ2n) is 4.75. The van der Waals surface area contributed by atoms with Gasteiger partial charge >= 0.3 is 5.97 Å². The fourth-order valence-electron chi connectivity index (χ4n) is 2.29. The molecule has 0 aromatic heterocycles. The molecule has 0 spiro atoms. The molecule has 4 heteroatoms. The molecule has 20 heavy (non-hydrogen) atoms. The first kappa shape index (κ1) is 13.0. The predicted molar refractivity (Wildman–Crippen MR) is 79.2 cm³/mol. The van der Waals surface area contributed by atoms with Gasteiger partial charge in [0.2, 0.25) is 0 Å². The van der Waals surface area contributed by atoms with Gasteiger partial charge in [-0.25, -0.2) is 4.79 Å². The zero-order valence-corrected chi connectivity index (χ0v) is 11.6. The lowest BCUT2D eigenvalue weighted by atomic mass is 10.1. The van der Waals surface area contributed by atoms with E-state index in [0.29, 0.717) is 10.6 Å². The summed E-state index contributed by atoms with van der Waals surface area (Å²) in [5.41, 5.74) is 3.75. The molecule has 3 nitrogen and oxygen atoms in total. The minimum atomic E-state index is -0.306. The van der Waals surface area contributed by atoms with Crippen molar-refractivity contribution in [1.82, 2.24) is 0 Å². The Morgan fingerprint density at radius 1 is 1.25 bits per heavy atom. The summed E-state index contributed by atoms with van der Waals surface area (Å²) < 4.78 is 5.31. The van der Waals surface area contributed by atoms with Crippen molar-refractivity contribution in [3.63, 3.8) is 0 Å². The lowest BCUT2D eigenvalue weighted by Crippen LogP contribution is -2.05. The normalized spacial score (nSPS) is 12.7. The first-order chi connectivity index (χ1) is 9.72. The van der Waals surface area contributed by atoms with Crippen LogP contribution in [-0.4, -0.2) is 12.5 Å². The van der Waals surface area contributed by atoms with E-state index < -0.39 is 0 Å². The van der Waals surface area contributed by atoms with Gasteiger partial charge in [0, 0.05) is 17.3 Å². The van der Waals surface area contributed by atoms with Gasteiger partial charge in [-0.05, 0) is 47.9 Å². The van der Waals surface area contributed by atoms with Crippen LogP contribution < -0.4 is 5.32 Å². The van der Waals surface area contributed by atoms with Gasteiger partial charge in [-0.1, -0.05) is 23.7 Å². The van der Waals surface area contributed by atoms with Crippen LogP contribution in [0.4, 0.5) is 5.69 Å². The number of anilines is 1. The van der Waals surface area contributed by atoms with Crippen molar-refractivity contribution < 1.29 is 9.53 Å². The van der Waals surface area contributed by atoms with Gasteiger partial charge in [0.05, 0.1) is 5.56 Å². The summed E-state index contributed by atoms with van der Waals surface area (Å²) >= 11 is 5.89. The summed E-state index contributed by atoms with van der Waals surface area (Å²) in [5, 5.41) is 3.90. The van der Waals surface area contributed by atoms with Crippen LogP contribution in [0.25, 0.3) is 0 Å². The van der Waals surface area contributed by atoms with E-state index in [0.717, 1.165) is 24.2 Å². The molecule has 0 aliphatic carbocycles. The quantitative estimate of drug-likeness (QED) is 0.876. The van der Waals surface area contributed by atoms with E-state index in [1.54, 1.807) is 18.2 Å². The van der Waals surface area contributed by atoms with Gasteiger partial charge < -0.3 is 10.1 Å². The Labute approximate surface area is 122 Å². The van der Waals surface area contributed by atoms with Gasteiger partial charge in [0.1, 0.15) is 6.61 Å². The van der Waals surface area contributed by atoms with Crippen LogP contribution in [0.15, 0.2) is 42.5 Å². The molecule has 102 valence electrons. The lowest BCUT2D eigenvalue weighted by Gasteiger charge is -2.07. The number of hydrogen-bond donors (Lipinski definition) is 1. The van der Waals surface area contributed by atoms with Gasteiger partial charge in [0.25, 0.3) is 0 Å². The van der Waals surface area contributed by atoms with Crippen molar-refractivity contribution in [1.29, 1.82) is 0 Å². The first-order valence-electron chi connectivity index (χ1n) is 6.51. The number of halogens is 1. The average molecular weight is 288 g/mol. The highest BCUT2D eigenvalue weighted by Gasteiger charge is 2.14. The second-order valence-corrected chi connectivity index (χ2v) is 5.19. The molecule has 1 aliphatic heterocycles. The number of rotatable bonds is 3. The van der Waals surface area contributed by atoms with E-state index in [4.69, 9.17) is 16.3 Å². The minimum absolute atomic E-state index is 0.231. The molecule has 0 atom stereocenters. The largest absolute Gasteiger partial charge is 0.457 e. The predicted octanol–water partition coefficient (Wildman–Crippen LogP) is 3.67. The van der Waals surface area contributed by atoms with E-state index in [9.17, 15) is 4.79 Å². The number of carbonyl (C=O) groups is 1. The molecule has 2 aromatic carbocycles. The van der Waals surface area contributed by atoms with Crippen LogP contribution in [-0.2, 0) is 17.8 Å². The van der Waals surface area contributed by atoms with Gasteiger partial charge in [-0.2, -0.15) is 0 Å². The van der Waals surface area contributed by atoms with E-state index >= 15 is 0 Å². The summed E-state index contributed by atoms with van der Waals surface area (Å²) in [6, 6.07) is 12.9. The molecule has 0 fully saturated rings. The molecule has 1 heterocycles. The van der Waals surface area contributed by atoms with Crippen molar-refractivity contribution in [2.45, 2.75) is 13.0 Å². The molecule has 1 aliphatic rings. The number of esters is 1. The molecule has 0 radical (unpaired) electrons. The fourth-order valence-corrected chi connectivity index (χ4v) is 2.50. The number of benzene rings is 2. The van der Waals surface area contributed by atoms with Crippen molar-refractivity contribution >= 4 is 23.3 Å². The Hall–Kier alpha value is -2.00. The van der Waals surface area contributed by atoms with Crippen molar-refractivity contribution in [2.24, 2.45) is 0 Å². The molecule has 0 bridgehead atoms. The van der Waals surface area contributed by atoms with E-state index in [1.807, 2.05) is 24.3 Å². The number of ether oxygens (including phenoxy) is 1. The summed E-state index contributed by atoms with van der Waals surface area (Å²) in [6.07, 6.45) is 0.949. The fraction of sp³-hybridized carbons (Fsp3) is 0.188. The molecule has 0 unspecified atom stereocenters. The Morgan fingerprint density at radius 3 is 3.00 bits per heavy atom. The molecule has 3 rings (SSSR count). The maximum absolute atomic E-state index is 12.0. The van der Waals surface area contributed by atoms with Crippen molar-refractivity contribution in [3.8, 4) is 0 Å². The summed E-state index contributed by atoms with van der Waals surface area (Å²) in [5.74, 6) is -0.306. The highest BCUT2D eigenvalue weighted by molar-refractivity contribution is 6.30. The number of nitrogens with one attached hydrogen (secondary N) is 1. The topological polar surface area (TPSA) is 38.3 Å². The van der Waals surface area contributed by atoms with Gasteiger partial charge in [-0.3, -0.25) is 0 Å². The molecular formula is C16H14ClNO2. The molecule has 0 saturated heterocycles. The lowest BCUT2D eigenvalue weighted by molar-refractivity contribution is 0.0472. The molecule has 0 amide bonds. The Kier molecular flexibility index (Phi) is 3.61. The monoisotopic (exact) mass is 287 g/mol. The standard InChI is InChI=1S/C16H14ClNO2/c17-14-3-1-2-11(8-14)10-20-16(19)13-4-5-15-12(9-13)6-7-18-15/h1-5,8-9,18H,6-7,10H2. The number of carbonyl (C=O) groups excluding carboxylic acids is 1. The zero-order chi connectivity index (χ0) is 13.9. The van der Waals surface area contributed by atoms with Crippen LogP contribution in [0.2, 0.25) is 5.02 Å². The van der Waals surface area contributed by atoms with Crippen LogP contribution in [0.5, 0.6) is 0 Å². The van der Waals surface area contributed by atoms with E-state index in [-0.39, 0.29) is 12.6 Å². The second kappa shape index (κ2) is 5.55. The zero-order valence-electron chi connectivity index (χ0n) is 10.9. The Bertz CT molecular complexity index is 655. The third-order valence-corrected chi connectivity index (χ3v) is 3.54. The number of hydrogen-bond acceptors (Lipinski definition) is 3. The van der Waals surface area contributed by atoms with Crippen LogP contribution in [0, 0.1) is 0 Å². The first-order valence-corrected chi connectivity index (χ1v) is 6.88. The third-order valence-electron chi connectivity index (χ3n) is 3.31. The van der Waals surface area contributed by atoms with E-state index in [2.05, 4.69) is 5.32 Å². The summed E-state index contributed by atoms with van der Waals surface area (Å²) in [6.45, 7) is 1.16. The van der Waals surface area contributed by atoms with Crippen LogP contribution >= 0.6 is 11.6 Å². The minimum Gasteiger partial charge on any atom is -0.457 e. The molecule has 1 N–H and O–H groups in total. The van der Waals surface area contributed by atoms with Crippen LogP contribution in [0.3, 0.4) is 0 Å². The van der Waals surface area contributed by atoms with Crippen molar-refractivity contribution in [3.05, 3.63) is 64.2 Å². The molecular weight excluding hydrogens is 274 g/mol. The van der Waals surface area contributed by atoms with Crippen molar-refractivity contribution in [2.75, 3.05) is 11.9 Å². The summed E-state index contributed by atoms with van der Waals surface area (Å²) in [4.78, 5) is 12.0. The SMILES string of the molecule is O=C(OCc1cccc(Cl)c1)c1ccc2c(c1)CCN2. The molecule has 2 aromatic rings. The average Bonchev–Trinajstić information content (AvgIpc) is 2.92. The highest BCUT2D eigenvalue weighted by Crippen LogP contribution is 2.23. The Balaban J connectivity index is 1.67.